The Balaban J connectivity index is 2.72. The molecule has 0 aliphatic rings. The van der Waals surface area contributed by atoms with Crippen LogP contribution in [0.4, 0.5) is 0 Å². The summed E-state index contributed by atoms with van der Waals surface area (Å²) in [5.74, 6) is 0. The SMILES string of the molecule is C=CC(Cc1ccccc1)[Si](C)(C)C. The molecule has 0 fully saturated rings. The lowest BCUT2D eigenvalue weighted by Gasteiger charge is -2.25. The predicted molar refractivity (Wildman–Crippen MR) is 67.4 cm³/mol. The van der Waals surface area contributed by atoms with Crippen molar-refractivity contribution in [1.29, 1.82) is 0 Å². The van der Waals surface area contributed by atoms with Gasteiger partial charge in [0.1, 0.15) is 0 Å². The van der Waals surface area contributed by atoms with Crippen LogP contribution in [0.15, 0.2) is 43.0 Å². The molecule has 0 aromatic heterocycles. The van der Waals surface area contributed by atoms with E-state index < -0.39 is 8.07 Å². The highest BCUT2D eigenvalue weighted by Gasteiger charge is 2.23. The number of hydrogen-bond acceptors (Lipinski definition) is 0. The molecule has 0 aliphatic carbocycles. The monoisotopic (exact) mass is 204 g/mol. The van der Waals surface area contributed by atoms with Crippen molar-refractivity contribution in [1.82, 2.24) is 0 Å². The molecule has 1 aromatic carbocycles. The van der Waals surface area contributed by atoms with Gasteiger partial charge in [0.2, 0.25) is 0 Å². The summed E-state index contributed by atoms with van der Waals surface area (Å²) in [6.07, 6.45) is 3.29. The zero-order valence-electron chi connectivity index (χ0n) is 9.46. The summed E-state index contributed by atoms with van der Waals surface area (Å²) in [7, 11) is -1.09. The van der Waals surface area contributed by atoms with Crippen LogP contribution in [0.25, 0.3) is 0 Å². The molecule has 0 amide bonds. The van der Waals surface area contributed by atoms with Gasteiger partial charge in [-0.15, -0.1) is 6.58 Å². The van der Waals surface area contributed by atoms with Gasteiger partial charge in [-0.25, -0.2) is 0 Å². The highest BCUT2D eigenvalue weighted by Crippen LogP contribution is 2.26. The molecule has 0 N–H and O–H groups in total. The molecule has 0 radical (unpaired) electrons. The first kappa shape index (κ1) is 11.3. The molecule has 0 saturated heterocycles. The van der Waals surface area contributed by atoms with Crippen LogP contribution in [0.2, 0.25) is 25.2 Å². The van der Waals surface area contributed by atoms with Crippen molar-refractivity contribution in [2.45, 2.75) is 31.6 Å². The van der Waals surface area contributed by atoms with E-state index in [9.17, 15) is 0 Å². The fourth-order valence-corrected chi connectivity index (χ4v) is 3.17. The van der Waals surface area contributed by atoms with E-state index in [1.54, 1.807) is 0 Å². The maximum absolute atomic E-state index is 3.96. The van der Waals surface area contributed by atoms with Gasteiger partial charge in [0.25, 0.3) is 0 Å². The summed E-state index contributed by atoms with van der Waals surface area (Å²) in [6.45, 7) is 11.2. The van der Waals surface area contributed by atoms with Crippen molar-refractivity contribution < 1.29 is 0 Å². The van der Waals surface area contributed by atoms with Crippen LogP contribution >= 0.6 is 0 Å². The molecule has 0 nitrogen and oxygen atoms in total. The molecule has 0 bridgehead atoms. The number of allylic oxidation sites excluding steroid dienone is 1. The molecule has 1 heteroatoms. The highest BCUT2D eigenvalue weighted by atomic mass is 28.3. The Hall–Kier alpha value is -0.823. The molecule has 14 heavy (non-hydrogen) atoms. The van der Waals surface area contributed by atoms with Crippen molar-refractivity contribution in [3.05, 3.63) is 48.6 Å². The Morgan fingerprint density at radius 2 is 1.79 bits per heavy atom. The number of hydrogen-bond donors (Lipinski definition) is 0. The third-order valence-electron chi connectivity index (χ3n) is 2.70. The topological polar surface area (TPSA) is 0 Å². The summed E-state index contributed by atoms with van der Waals surface area (Å²) in [6, 6.07) is 10.7. The summed E-state index contributed by atoms with van der Waals surface area (Å²) in [4.78, 5) is 0. The molecule has 0 spiro atoms. The number of rotatable bonds is 4. The van der Waals surface area contributed by atoms with E-state index in [0.717, 1.165) is 6.42 Å². The normalized spacial score (nSPS) is 13.6. The van der Waals surface area contributed by atoms with Gasteiger partial charge in [-0.3, -0.25) is 0 Å². The van der Waals surface area contributed by atoms with Crippen LogP contribution in [-0.4, -0.2) is 8.07 Å². The van der Waals surface area contributed by atoms with E-state index in [2.05, 4.69) is 62.6 Å². The van der Waals surface area contributed by atoms with Crippen molar-refractivity contribution in [2.75, 3.05) is 0 Å². The maximum atomic E-state index is 3.96. The fraction of sp³-hybridized carbons (Fsp3) is 0.385. The summed E-state index contributed by atoms with van der Waals surface area (Å²) >= 11 is 0. The summed E-state index contributed by atoms with van der Waals surface area (Å²) in [5, 5.41) is 0. The van der Waals surface area contributed by atoms with Gasteiger partial charge in [-0.1, -0.05) is 56.0 Å². The van der Waals surface area contributed by atoms with Crippen LogP contribution in [0, 0.1) is 0 Å². The standard InChI is InChI=1S/C13H20Si/c1-5-13(14(2,3)4)11-12-9-7-6-8-10-12/h5-10,13H,1,11H2,2-4H3. The maximum Gasteiger partial charge on any atom is 0.0517 e. The van der Waals surface area contributed by atoms with Crippen LogP contribution in [0.3, 0.4) is 0 Å². The van der Waals surface area contributed by atoms with Crippen molar-refractivity contribution in [3.8, 4) is 0 Å². The molecule has 1 aromatic rings. The van der Waals surface area contributed by atoms with Gasteiger partial charge in [-0.2, -0.15) is 0 Å². The quantitative estimate of drug-likeness (QED) is 0.511. The van der Waals surface area contributed by atoms with E-state index in [1.807, 2.05) is 0 Å². The van der Waals surface area contributed by atoms with Crippen LogP contribution < -0.4 is 0 Å². The average molecular weight is 204 g/mol. The Morgan fingerprint density at radius 3 is 2.21 bits per heavy atom. The van der Waals surface area contributed by atoms with Crippen molar-refractivity contribution >= 4 is 8.07 Å². The molecule has 76 valence electrons. The first-order valence-corrected chi connectivity index (χ1v) is 8.78. The lowest BCUT2D eigenvalue weighted by Crippen LogP contribution is -2.28. The molecule has 1 unspecified atom stereocenters. The van der Waals surface area contributed by atoms with Gasteiger partial charge in [0.05, 0.1) is 8.07 Å². The minimum Gasteiger partial charge on any atom is -0.103 e. The third kappa shape index (κ3) is 3.15. The van der Waals surface area contributed by atoms with Gasteiger partial charge >= 0.3 is 0 Å². The highest BCUT2D eigenvalue weighted by molar-refractivity contribution is 6.78. The Labute approximate surface area is 88.7 Å². The average Bonchev–Trinajstić information content (AvgIpc) is 2.14. The zero-order valence-corrected chi connectivity index (χ0v) is 10.5. The van der Waals surface area contributed by atoms with E-state index in [4.69, 9.17) is 0 Å². The second kappa shape index (κ2) is 4.60. The van der Waals surface area contributed by atoms with E-state index in [1.165, 1.54) is 5.56 Å². The number of benzene rings is 1. The van der Waals surface area contributed by atoms with Gasteiger partial charge < -0.3 is 0 Å². The minimum absolute atomic E-state index is 0.685. The molecular weight excluding hydrogens is 184 g/mol. The van der Waals surface area contributed by atoms with Crippen molar-refractivity contribution in [3.63, 3.8) is 0 Å². The van der Waals surface area contributed by atoms with Gasteiger partial charge in [-0.05, 0) is 17.5 Å². The summed E-state index contributed by atoms with van der Waals surface area (Å²) < 4.78 is 0. The van der Waals surface area contributed by atoms with Crippen molar-refractivity contribution in [2.24, 2.45) is 0 Å². The second-order valence-corrected chi connectivity index (χ2v) is 10.4. The van der Waals surface area contributed by atoms with E-state index in [-0.39, 0.29) is 0 Å². The predicted octanol–water partition coefficient (Wildman–Crippen LogP) is 4.12. The Bertz CT molecular complexity index is 282. The largest absolute Gasteiger partial charge is 0.103 e. The first-order valence-electron chi connectivity index (χ1n) is 5.20. The smallest absolute Gasteiger partial charge is 0.0517 e. The minimum atomic E-state index is -1.09. The summed E-state index contributed by atoms with van der Waals surface area (Å²) in [5.41, 5.74) is 2.12. The Morgan fingerprint density at radius 1 is 1.21 bits per heavy atom. The third-order valence-corrected chi connectivity index (χ3v) is 5.36. The molecule has 0 aliphatic heterocycles. The molecule has 1 atom stereocenters. The molecule has 1 rings (SSSR count). The first-order chi connectivity index (χ1) is 6.54. The van der Waals surface area contributed by atoms with Crippen LogP contribution in [0.5, 0.6) is 0 Å². The van der Waals surface area contributed by atoms with E-state index in [0.29, 0.717) is 5.54 Å². The Kier molecular flexibility index (Phi) is 3.70. The van der Waals surface area contributed by atoms with E-state index >= 15 is 0 Å². The molecule has 0 heterocycles. The lowest BCUT2D eigenvalue weighted by molar-refractivity contribution is 0.954. The van der Waals surface area contributed by atoms with Gasteiger partial charge in [0.15, 0.2) is 0 Å². The lowest BCUT2D eigenvalue weighted by atomic mass is 10.1. The zero-order chi connectivity index (χ0) is 10.6. The molecule has 0 saturated carbocycles. The second-order valence-electron chi connectivity index (χ2n) is 4.90. The van der Waals surface area contributed by atoms with Crippen LogP contribution in [0.1, 0.15) is 5.56 Å². The van der Waals surface area contributed by atoms with Gasteiger partial charge in [0, 0.05) is 0 Å². The molecular formula is C13H20Si. The van der Waals surface area contributed by atoms with Crippen LogP contribution in [-0.2, 0) is 6.42 Å². The fourth-order valence-electron chi connectivity index (χ4n) is 1.61.